The van der Waals surface area contributed by atoms with Gasteiger partial charge in [-0.1, -0.05) is 13.8 Å². The van der Waals surface area contributed by atoms with Crippen molar-refractivity contribution in [2.75, 3.05) is 13.1 Å². The average molecular weight is 213 g/mol. The Morgan fingerprint density at radius 2 is 1.80 bits per heavy atom. The van der Waals surface area contributed by atoms with E-state index in [0.29, 0.717) is 0 Å². The molecule has 0 amide bonds. The number of nitrogens with zero attached hydrogens (tertiary/aromatic N) is 1. The zero-order chi connectivity index (χ0) is 11.3. The molecule has 0 aromatic heterocycles. The molecular weight excluding hydrogens is 186 g/mol. The smallest absolute Gasteiger partial charge is 0.0512 e. The molecule has 1 saturated carbocycles. The maximum absolute atomic E-state index is 9.22. The SMILES string of the molecule is CC(C)CCN(CCCC(C)O)C1CC1. The summed E-state index contributed by atoms with van der Waals surface area (Å²) in [6, 6.07) is 0.873. The topological polar surface area (TPSA) is 23.5 Å². The third-order valence-electron chi connectivity index (χ3n) is 3.12. The first-order valence-electron chi connectivity index (χ1n) is 6.51. The molecule has 15 heavy (non-hydrogen) atoms. The predicted molar refractivity (Wildman–Crippen MR) is 65.0 cm³/mol. The molecule has 0 aromatic carbocycles. The molecule has 90 valence electrons. The zero-order valence-electron chi connectivity index (χ0n) is 10.6. The summed E-state index contributed by atoms with van der Waals surface area (Å²) in [6.07, 6.45) is 6.07. The van der Waals surface area contributed by atoms with Gasteiger partial charge in [0.1, 0.15) is 0 Å². The Kier molecular flexibility index (Phi) is 5.62. The second-order valence-corrected chi connectivity index (χ2v) is 5.44. The predicted octanol–water partition coefficient (Wildman–Crippen LogP) is 2.66. The van der Waals surface area contributed by atoms with Crippen LogP contribution in [0.3, 0.4) is 0 Å². The van der Waals surface area contributed by atoms with Crippen LogP contribution in [0.15, 0.2) is 0 Å². The number of aliphatic hydroxyl groups excluding tert-OH is 1. The van der Waals surface area contributed by atoms with E-state index in [1.165, 1.54) is 32.4 Å². The van der Waals surface area contributed by atoms with Gasteiger partial charge in [-0.3, -0.25) is 0 Å². The highest BCUT2D eigenvalue weighted by molar-refractivity contribution is 4.84. The van der Waals surface area contributed by atoms with Crippen LogP contribution in [0.4, 0.5) is 0 Å². The summed E-state index contributed by atoms with van der Waals surface area (Å²) >= 11 is 0. The van der Waals surface area contributed by atoms with Gasteiger partial charge in [0.05, 0.1) is 6.10 Å². The van der Waals surface area contributed by atoms with Crippen LogP contribution in [0.1, 0.15) is 52.9 Å². The summed E-state index contributed by atoms with van der Waals surface area (Å²) in [5.74, 6) is 0.808. The van der Waals surface area contributed by atoms with Crippen LogP contribution in [0.5, 0.6) is 0 Å². The van der Waals surface area contributed by atoms with E-state index in [0.717, 1.165) is 24.8 Å². The largest absolute Gasteiger partial charge is 0.393 e. The fourth-order valence-electron chi connectivity index (χ4n) is 1.93. The van der Waals surface area contributed by atoms with E-state index < -0.39 is 0 Å². The maximum atomic E-state index is 9.22. The van der Waals surface area contributed by atoms with Gasteiger partial charge in [0, 0.05) is 6.04 Å². The molecule has 0 aromatic rings. The molecule has 0 heterocycles. The van der Waals surface area contributed by atoms with Gasteiger partial charge in [0.2, 0.25) is 0 Å². The highest BCUT2D eigenvalue weighted by Crippen LogP contribution is 2.27. The Morgan fingerprint density at radius 3 is 2.27 bits per heavy atom. The monoisotopic (exact) mass is 213 g/mol. The molecular formula is C13H27NO. The first-order chi connectivity index (χ1) is 7.09. The van der Waals surface area contributed by atoms with Crippen LogP contribution in [0, 0.1) is 5.92 Å². The van der Waals surface area contributed by atoms with Gasteiger partial charge in [0.25, 0.3) is 0 Å². The van der Waals surface area contributed by atoms with Gasteiger partial charge in [-0.2, -0.15) is 0 Å². The second-order valence-electron chi connectivity index (χ2n) is 5.44. The Labute approximate surface area is 94.7 Å². The lowest BCUT2D eigenvalue weighted by atomic mass is 10.1. The van der Waals surface area contributed by atoms with E-state index in [1.54, 1.807) is 0 Å². The van der Waals surface area contributed by atoms with E-state index in [2.05, 4.69) is 18.7 Å². The van der Waals surface area contributed by atoms with Crippen LogP contribution >= 0.6 is 0 Å². The minimum atomic E-state index is -0.129. The molecule has 1 rings (SSSR count). The molecule has 0 saturated heterocycles. The van der Waals surface area contributed by atoms with Crippen molar-refractivity contribution in [3.05, 3.63) is 0 Å². The molecule has 1 N–H and O–H groups in total. The third-order valence-corrected chi connectivity index (χ3v) is 3.12. The summed E-state index contributed by atoms with van der Waals surface area (Å²) in [4.78, 5) is 2.63. The molecule has 2 heteroatoms. The quantitative estimate of drug-likeness (QED) is 0.670. The van der Waals surface area contributed by atoms with Crippen molar-refractivity contribution < 1.29 is 5.11 Å². The normalized spacial score (nSPS) is 18.8. The molecule has 2 nitrogen and oxygen atoms in total. The summed E-state index contributed by atoms with van der Waals surface area (Å²) in [5.41, 5.74) is 0. The van der Waals surface area contributed by atoms with E-state index in [1.807, 2.05) is 6.92 Å². The highest BCUT2D eigenvalue weighted by atomic mass is 16.3. The maximum Gasteiger partial charge on any atom is 0.0512 e. The Morgan fingerprint density at radius 1 is 1.13 bits per heavy atom. The number of aliphatic hydroxyl groups is 1. The Balaban J connectivity index is 2.13. The van der Waals surface area contributed by atoms with Crippen molar-refractivity contribution in [2.45, 2.75) is 65.0 Å². The minimum absolute atomic E-state index is 0.129. The molecule has 0 spiro atoms. The van der Waals surface area contributed by atoms with Crippen LogP contribution < -0.4 is 0 Å². The first kappa shape index (κ1) is 13.0. The molecule has 0 bridgehead atoms. The van der Waals surface area contributed by atoms with Gasteiger partial charge in [-0.25, -0.2) is 0 Å². The summed E-state index contributed by atoms with van der Waals surface area (Å²) in [6.45, 7) is 8.90. The summed E-state index contributed by atoms with van der Waals surface area (Å²) in [5, 5.41) is 9.22. The fourth-order valence-corrected chi connectivity index (χ4v) is 1.93. The zero-order valence-corrected chi connectivity index (χ0v) is 10.6. The third kappa shape index (κ3) is 6.16. The van der Waals surface area contributed by atoms with Crippen molar-refractivity contribution in [2.24, 2.45) is 5.92 Å². The summed E-state index contributed by atoms with van der Waals surface area (Å²) in [7, 11) is 0. The van der Waals surface area contributed by atoms with E-state index in [4.69, 9.17) is 0 Å². The van der Waals surface area contributed by atoms with Crippen molar-refractivity contribution in [1.82, 2.24) is 4.90 Å². The Hall–Kier alpha value is -0.0800. The number of hydrogen-bond donors (Lipinski definition) is 1. The molecule has 0 aliphatic heterocycles. The van der Waals surface area contributed by atoms with Crippen molar-refractivity contribution in [1.29, 1.82) is 0 Å². The molecule has 1 unspecified atom stereocenters. The van der Waals surface area contributed by atoms with Crippen LogP contribution in [0.2, 0.25) is 0 Å². The summed E-state index contributed by atoms with van der Waals surface area (Å²) < 4.78 is 0. The van der Waals surface area contributed by atoms with Crippen LogP contribution in [-0.4, -0.2) is 35.2 Å². The van der Waals surface area contributed by atoms with Crippen LogP contribution in [-0.2, 0) is 0 Å². The highest BCUT2D eigenvalue weighted by Gasteiger charge is 2.28. The number of hydrogen-bond acceptors (Lipinski definition) is 2. The molecule has 1 fully saturated rings. The van der Waals surface area contributed by atoms with Crippen LogP contribution in [0.25, 0.3) is 0 Å². The lowest BCUT2D eigenvalue weighted by Gasteiger charge is -2.23. The molecule has 0 radical (unpaired) electrons. The van der Waals surface area contributed by atoms with Crippen molar-refractivity contribution in [3.63, 3.8) is 0 Å². The van der Waals surface area contributed by atoms with Gasteiger partial charge < -0.3 is 10.0 Å². The first-order valence-corrected chi connectivity index (χ1v) is 6.51. The van der Waals surface area contributed by atoms with E-state index in [-0.39, 0.29) is 6.10 Å². The van der Waals surface area contributed by atoms with E-state index in [9.17, 15) is 5.11 Å². The molecule has 1 atom stereocenters. The molecule has 1 aliphatic rings. The Bertz CT molecular complexity index is 164. The fraction of sp³-hybridized carbons (Fsp3) is 1.00. The van der Waals surface area contributed by atoms with E-state index >= 15 is 0 Å². The van der Waals surface area contributed by atoms with Gasteiger partial charge >= 0.3 is 0 Å². The number of rotatable bonds is 8. The van der Waals surface area contributed by atoms with Crippen molar-refractivity contribution in [3.8, 4) is 0 Å². The minimum Gasteiger partial charge on any atom is -0.393 e. The molecule has 1 aliphatic carbocycles. The standard InChI is InChI=1S/C13H27NO/c1-11(2)8-10-14(13-6-7-13)9-4-5-12(3)15/h11-13,15H,4-10H2,1-3H3. The van der Waals surface area contributed by atoms with Gasteiger partial charge in [-0.05, 0) is 58.0 Å². The van der Waals surface area contributed by atoms with Gasteiger partial charge in [-0.15, -0.1) is 0 Å². The second kappa shape index (κ2) is 6.49. The van der Waals surface area contributed by atoms with Gasteiger partial charge in [0.15, 0.2) is 0 Å². The average Bonchev–Trinajstić information content (AvgIpc) is 2.93. The lowest BCUT2D eigenvalue weighted by molar-refractivity contribution is 0.167. The van der Waals surface area contributed by atoms with Crippen molar-refractivity contribution >= 4 is 0 Å². The lowest BCUT2D eigenvalue weighted by Crippen LogP contribution is -2.29.